The van der Waals surface area contributed by atoms with Crippen LogP contribution in [0.5, 0.6) is 5.75 Å². The highest BCUT2D eigenvalue weighted by Crippen LogP contribution is 2.24. The van der Waals surface area contributed by atoms with Crippen molar-refractivity contribution < 1.29 is 9.53 Å². The lowest BCUT2D eigenvalue weighted by molar-refractivity contribution is -0.128. The third-order valence-corrected chi connectivity index (χ3v) is 4.09. The van der Waals surface area contributed by atoms with Crippen LogP contribution in [0, 0.1) is 0 Å². The molecule has 1 fully saturated rings. The Morgan fingerprint density at radius 2 is 2.24 bits per heavy atom. The number of benzene rings is 1. The molecule has 0 aromatic heterocycles. The van der Waals surface area contributed by atoms with Crippen molar-refractivity contribution in [2.75, 3.05) is 31.7 Å². The van der Waals surface area contributed by atoms with Crippen molar-refractivity contribution in [3.8, 4) is 5.75 Å². The van der Waals surface area contributed by atoms with Crippen molar-refractivity contribution in [1.82, 2.24) is 10.2 Å². The van der Waals surface area contributed by atoms with Gasteiger partial charge in [-0.25, -0.2) is 0 Å². The summed E-state index contributed by atoms with van der Waals surface area (Å²) in [5.41, 5.74) is 1.09. The minimum absolute atomic E-state index is 0.0205. The fourth-order valence-electron chi connectivity index (χ4n) is 2.37. The van der Waals surface area contributed by atoms with Crippen molar-refractivity contribution >= 4 is 17.7 Å². The Bertz CT molecular complexity index is 476. The van der Waals surface area contributed by atoms with Crippen LogP contribution in [0.4, 0.5) is 0 Å². The Hall–Kier alpha value is -1.46. The first kappa shape index (κ1) is 15.9. The molecule has 1 unspecified atom stereocenters. The van der Waals surface area contributed by atoms with Crippen LogP contribution in [0.25, 0.3) is 0 Å². The van der Waals surface area contributed by atoms with E-state index in [4.69, 9.17) is 4.74 Å². The fraction of sp³-hybridized carbons (Fsp3) is 0.438. The van der Waals surface area contributed by atoms with E-state index in [0.717, 1.165) is 30.0 Å². The van der Waals surface area contributed by atoms with Gasteiger partial charge in [0.15, 0.2) is 0 Å². The van der Waals surface area contributed by atoms with Crippen molar-refractivity contribution in [1.29, 1.82) is 0 Å². The van der Waals surface area contributed by atoms with E-state index in [0.29, 0.717) is 13.2 Å². The topological polar surface area (TPSA) is 41.6 Å². The molecule has 1 aliphatic rings. The molecule has 0 aliphatic carbocycles. The number of nitrogens with zero attached hydrogens (tertiary/aromatic N) is 1. The van der Waals surface area contributed by atoms with Gasteiger partial charge in [0.05, 0.1) is 6.54 Å². The van der Waals surface area contributed by atoms with Gasteiger partial charge in [-0.15, -0.1) is 0 Å². The molecule has 0 saturated carbocycles. The van der Waals surface area contributed by atoms with Crippen LogP contribution in [0.3, 0.4) is 0 Å². The van der Waals surface area contributed by atoms with Crippen LogP contribution >= 0.6 is 11.8 Å². The summed E-state index contributed by atoms with van der Waals surface area (Å²) < 4.78 is 5.48. The van der Waals surface area contributed by atoms with Gasteiger partial charge in [-0.2, -0.15) is 11.8 Å². The summed E-state index contributed by atoms with van der Waals surface area (Å²) in [6.07, 6.45) is 4.81. The molecule has 5 heteroatoms. The summed E-state index contributed by atoms with van der Waals surface area (Å²) in [7, 11) is 0. The second-order valence-electron chi connectivity index (χ2n) is 4.89. The van der Waals surface area contributed by atoms with Crippen LogP contribution in [0.2, 0.25) is 0 Å². The Kier molecular flexibility index (Phi) is 6.14. The van der Waals surface area contributed by atoms with Crippen LogP contribution in [0.15, 0.2) is 36.9 Å². The number of ether oxygens (including phenoxy) is 1. The number of carbonyl (C=O) groups excluding carboxylic acids is 1. The molecule has 0 bridgehead atoms. The molecule has 1 aromatic carbocycles. The number of carbonyl (C=O) groups is 1. The molecule has 4 nitrogen and oxygen atoms in total. The Labute approximate surface area is 130 Å². The lowest BCUT2D eigenvalue weighted by Crippen LogP contribution is -2.31. The zero-order valence-electron chi connectivity index (χ0n) is 12.4. The van der Waals surface area contributed by atoms with Gasteiger partial charge in [-0.05, 0) is 36.1 Å². The molecule has 1 N–H and O–H groups in total. The van der Waals surface area contributed by atoms with Gasteiger partial charge in [0, 0.05) is 6.54 Å². The number of hydrogen-bond donors (Lipinski definition) is 1. The van der Waals surface area contributed by atoms with Gasteiger partial charge in [0.2, 0.25) is 5.91 Å². The summed E-state index contributed by atoms with van der Waals surface area (Å²) in [6.45, 7) is 5.34. The molecule has 2 rings (SSSR count). The van der Waals surface area contributed by atoms with E-state index in [2.05, 4.69) is 18.2 Å². The minimum atomic E-state index is -0.0205. The highest BCUT2D eigenvalue weighted by Gasteiger charge is 2.30. The fourth-order valence-corrected chi connectivity index (χ4v) is 2.79. The van der Waals surface area contributed by atoms with Gasteiger partial charge in [-0.1, -0.05) is 24.8 Å². The summed E-state index contributed by atoms with van der Waals surface area (Å²) in [5.74, 6) is 2.06. The van der Waals surface area contributed by atoms with Crippen molar-refractivity contribution in [2.24, 2.45) is 0 Å². The van der Waals surface area contributed by atoms with Gasteiger partial charge in [0.1, 0.15) is 18.5 Å². The second-order valence-corrected chi connectivity index (χ2v) is 5.87. The van der Waals surface area contributed by atoms with E-state index in [1.54, 1.807) is 6.08 Å². The lowest BCUT2D eigenvalue weighted by atomic mass is 10.1. The molecule has 21 heavy (non-hydrogen) atoms. The molecule has 114 valence electrons. The zero-order valence-corrected chi connectivity index (χ0v) is 13.2. The van der Waals surface area contributed by atoms with E-state index < -0.39 is 0 Å². The number of rotatable bonds is 8. The summed E-state index contributed by atoms with van der Waals surface area (Å²) in [6, 6.07) is 7.89. The van der Waals surface area contributed by atoms with E-state index in [-0.39, 0.29) is 12.1 Å². The molecule has 0 spiro atoms. The molecule has 1 heterocycles. The Balaban J connectivity index is 2.01. The number of amides is 1. The van der Waals surface area contributed by atoms with E-state index >= 15 is 0 Å². The highest BCUT2D eigenvalue weighted by molar-refractivity contribution is 7.98. The Morgan fingerprint density at radius 1 is 1.48 bits per heavy atom. The normalized spacial score (nSPS) is 18.0. The minimum Gasteiger partial charge on any atom is -0.490 e. The molecule has 1 atom stereocenters. The van der Waals surface area contributed by atoms with E-state index in [1.807, 2.05) is 40.9 Å². The van der Waals surface area contributed by atoms with Gasteiger partial charge in [-0.3, -0.25) is 10.1 Å². The van der Waals surface area contributed by atoms with Crippen LogP contribution in [0.1, 0.15) is 18.2 Å². The first-order valence-electron chi connectivity index (χ1n) is 7.11. The standard InChI is InChI=1S/C16H22N2O2S/c1-3-10-20-14-7-5-13(6-8-14)16-17-12-15(19)18(16)9-4-11-21-2/h3,5-8,16-17H,1,4,9-12H2,2H3. The van der Waals surface area contributed by atoms with Gasteiger partial charge >= 0.3 is 0 Å². The second kappa shape index (κ2) is 8.10. The van der Waals surface area contributed by atoms with Crippen molar-refractivity contribution in [3.63, 3.8) is 0 Å². The van der Waals surface area contributed by atoms with E-state index in [9.17, 15) is 4.79 Å². The van der Waals surface area contributed by atoms with Crippen LogP contribution in [-0.2, 0) is 4.79 Å². The zero-order chi connectivity index (χ0) is 15.1. The maximum Gasteiger partial charge on any atom is 0.238 e. The van der Waals surface area contributed by atoms with Crippen molar-refractivity contribution in [2.45, 2.75) is 12.6 Å². The highest BCUT2D eigenvalue weighted by atomic mass is 32.2. The molecular weight excluding hydrogens is 284 g/mol. The lowest BCUT2D eigenvalue weighted by Gasteiger charge is -2.24. The largest absolute Gasteiger partial charge is 0.490 e. The molecule has 1 amide bonds. The average molecular weight is 306 g/mol. The van der Waals surface area contributed by atoms with E-state index in [1.165, 1.54) is 0 Å². The Morgan fingerprint density at radius 3 is 2.90 bits per heavy atom. The molecule has 0 radical (unpaired) electrons. The maximum absolute atomic E-state index is 12.0. The third-order valence-electron chi connectivity index (χ3n) is 3.39. The molecular formula is C16H22N2O2S. The summed E-state index contributed by atoms with van der Waals surface area (Å²) in [4.78, 5) is 13.9. The average Bonchev–Trinajstić information content (AvgIpc) is 2.87. The SMILES string of the molecule is C=CCOc1ccc(C2NCC(=O)N2CCCSC)cc1. The van der Waals surface area contributed by atoms with Gasteiger partial charge < -0.3 is 9.64 Å². The predicted octanol–water partition coefficient (Wildman–Crippen LogP) is 2.43. The number of thioether (sulfide) groups is 1. The molecule has 1 saturated heterocycles. The quantitative estimate of drug-likeness (QED) is 0.592. The maximum atomic E-state index is 12.0. The van der Waals surface area contributed by atoms with Crippen LogP contribution in [-0.4, -0.2) is 42.5 Å². The van der Waals surface area contributed by atoms with Crippen LogP contribution < -0.4 is 10.1 Å². The van der Waals surface area contributed by atoms with Gasteiger partial charge in [0.25, 0.3) is 0 Å². The molecule has 1 aliphatic heterocycles. The summed E-state index contributed by atoms with van der Waals surface area (Å²) >= 11 is 1.81. The smallest absolute Gasteiger partial charge is 0.238 e. The number of hydrogen-bond acceptors (Lipinski definition) is 4. The first-order valence-corrected chi connectivity index (χ1v) is 8.51. The predicted molar refractivity (Wildman–Crippen MR) is 87.6 cm³/mol. The number of nitrogens with one attached hydrogen (secondary N) is 1. The molecule has 1 aromatic rings. The first-order chi connectivity index (χ1) is 10.3. The third kappa shape index (κ3) is 4.25. The monoisotopic (exact) mass is 306 g/mol. The summed E-state index contributed by atoms with van der Waals surface area (Å²) in [5, 5.41) is 3.27. The van der Waals surface area contributed by atoms with Crippen molar-refractivity contribution in [3.05, 3.63) is 42.5 Å².